The van der Waals surface area contributed by atoms with Crippen LogP contribution in [0.5, 0.6) is 0 Å². The van der Waals surface area contributed by atoms with Crippen molar-refractivity contribution >= 4 is 0 Å². The molecule has 0 amide bonds. The van der Waals surface area contributed by atoms with Crippen molar-refractivity contribution in [3.63, 3.8) is 0 Å². The zero-order valence-corrected chi connectivity index (χ0v) is 19.2. The molecule has 0 unspecified atom stereocenters. The number of benzene rings is 2. The van der Waals surface area contributed by atoms with Gasteiger partial charge in [0.25, 0.3) is 0 Å². The minimum atomic E-state index is 0.0675. The summed E-state index contributed by atoms with van der Waals surface area (Å²) in [6, 6.07) is 16.4. The van der Waals surface area contributed by atoms with Gasteiger partial charge in [-0.3, -0.25) is 9.13 Å². The number of aryl methyl sites for hydroxylation is 1. The molecule has 1 N–H and O–H groups in total. The summed E-state index contributed by atoms with van der Waals surface area (Å²) in [6.45, 7) is 5.51. The average Bonchev–Trinajstić information content (AvgIpc) is 3.48. The first kappa shape index (κ1) is 22.5. The van der Waals surface area contributed by atoms with Crippen LogP contribution in [0.15, 0.2) is 71.7 Å². The molecule has 0 aliphatic carbocycles. The maximum absolute atomic E-state index is 13.1. The summed E-state index contributed by atoms with van der Waals surface area (Å²) in [6.07, 6.45) is 10.2. The first-order chi connectivity index (χ1) is 16.2. The van der Waals surface area contributed by atoms with Gasteiger partial charge >= 0.3 is 5.69 Å². The number of allylic oxidation sites excluding steroid dienone is 2. The van der Waals surface area contributed by atoms with E-state index in [0.717, 1.165) is 60.2 Å². The maximum atomic E-state index is 13.1. The molecule has 0 fully saturated rings. The quantitative estimate of drug-likeness (QED) is 0.281. The molecule has 170 valence electrons. The number of H-pyrrole nitrogens is 1. The number of aromatic nitrogens is 6. The predicted molar refractivity (Wildman–Crippen MR) is 131 cm³/mol. The Kier molecular flexibility index (Phi) is 7.29. The lowest BCUT2D eigenvalue weighted by Gasteiger charge is -2.10. The molecule has 0 saturated heterocycles. The number of nitrogens with zero attached hydrogens (tertiary/aromatic N) is 5. The molecule has 0 saturated carbocycles. The third kappa shape index (κ3) is 5.19. The molecule has 4 aromatic rings. The van der Waals surface area contributed by atoms with E-state index in [2.05, 4.69) is 64.0 Å². The summed E-state index contributed by atoms with van der Waals surface area (Å²) in [5.41, 5.74) is 5.27. The summed E-state index contributed by atoms with van der Waals surface area (Å²) in [5, 5.41) is 14.3. The Bertz CT molecular complexity index is 1250. The monoisotopic (exact) mass is 442 g/mol. The Morgan fingerprint density at radius 1 is 1.03 bits per heavy atom. The van der Waals surface area contributed by atoms with Crippen molar-refractivity contribution in [2.24, 2.45) is 0 Å². The Balaban J connectivity index is 1.59. The molecule has 0 bridgehead atoms. The van der Waals surface area contributed by atoms with Crippen LogP contribution < -0.4 is 5.69 Å². The van der Waals surface area contributed by atoms with Gasteiger partial charge in [0.1, 0.15) is 0 Å². The summed E-state index contributed by atoms with van der Waals surface area (Å²) >= 11 is 0. The van der Waals surface area contributed by atoms with E-state index in [1.807, 2.05) is 46.5 Å². The van der Waals surface area contributed by atoms with E-state index < -0.39 is 0 Å². The van der Waals surface area contributed by atoms with Crippen LogP contribution >= 0.6 is 0 Å². The first-order valence-corrected chi connectivity index (χ1v) is 11.5. The predicted octanol–water partition coefficient (Wildman–Crippen LogP) is 4.85. The number of hydrogen-bond donors (Lipinski definition) is 1. The number of nitrogens with one attached hydrogen (secondary N) is 1. The second-order valence-electron chi connectivity index (χ2n) is 8.16. The number of aromatic amines is 1. The van der Waals surface area contributed by atoms with E-state index >= 15 is 0 Å². The number of hydrogen-bond acceptors (Lipinski definition) is 4. The normalized spacial score (nSPS) is 11.5. The maximum Gasteiger partial charge on any atom is 0.328 e. The van der Waals surface area contributed by atoms with Crippen molar-refractivity contribution in [3.8, 4) is 22.5 Å². The van der Waals surface area contributed by atoms with Crippen LogP contribution in [-0.2, 0) is 19.5 Å². The van der Waals surface area contributed by atoms with Gasteiger partial charge in [-0.15, -0.1) is 5.10 Å². The van der Waals surface area contributed by atoms with Gasteiger partial charge in [0.15, 0.2) is 5.82 Å². The van der Waals surface area contributed by atoms with Gasteiger partial charge in [-0.2, -0.15) is 0 Å². The van der Waals surface area contributed by atoms with E-state index in [4.69, 9.17) is 0 Å². The molecule has 2 aromatic carbocycles. The molecule has 33 heavy (non-hydrogen) atoms. The molecule has 7 heteroatoms. The lowest BCUT2D eigenvalue weighted by Crippen LogP contribution is -2.25. The molecule has 2 heterocycles. The van der Waals surface area contributed by atoms with Gasteiger partial charge < -0.3 is 0 Å². The zero-order valence-electron chi connectivity index (χ0n) is 19.2. The third-order valence-electron chi connectivity index (χ3n) is 5.83. The highest BCUT2D eigenvalue weighted by Gasteiger charge is 2.13. The summed E-state index contributed by atoms with van der Waals surface area (Å²) in [5.74, 6) is 0.638. The van der Waals surface area contributed by atoms with E-state index in [0.29, 0.717) is 12.4 Å². The molecular formula is C26H30N6O. The standard InChI is InChI=1S/C26H30N6O/c1-3-5-9-17-31-19-22(10-6-4-2)32(26(31)33)18-20-13-15-21(16-14-20)23-11-7-8-12-24(23)25-27-29-30-28-25/h4,6-8,11-16,19H,3,5,9-10,17-18H2,1-2H3,(H,27,28,29,30). The number of rotatable bonds is 10. The van der Waals surface area contributed by atoms with Crippen molar-refractivity contribution in [2.45, 2.75) is 52.6 Å². The lowest BCUT2D eigenvalue weighted by atomic mass is 9.98. The van der Waals surface area contributed by atoms with Gasteiger partial charge in [0.2, 0.25) is 0 Å². The van der Waals surface area contributed by atoms with Crippen molar-refractivity contribution < 1.29 is 0 Å². The Hall–Kier alpha value is -3.74. The highest BCUT2D eigenvalue weighted by atomic mass is 16.1. The van der Waals surface area contributed by atoms with E-state index in [-0.39, 0.29) is 5.69 Å². The van der Waals surface area contributed by atoms with Crippen LogP contribution in [0.4, 0.5) is 0 Å². The molecule has 4 rings (SSSR count). The smallest absolute Gasteiger partial charge is 0.299 e. The second-order valence-corrected chi connectivity index (χ2v) is 8.16. The Morgan fingerprint density at radius 3 is 2.52 bits per heavy atom. The van der Waals surface area contributed by atoms with Crippen molar-refractivity contribution in [1.29, 1.82) is 0 Å². The van der Waals surface area contributed by atoms with Gasteiger partial charge in [0, 0.05) is 30.4 Å². The number of tetrazole rings is 1. The van der Waals surface area contributed by atoms with Crippen LogP contribution in [0.25, 0.3) is 22.5 Å². The van der Waals surface area contributed by atoms with Gasteiger partial charge in [-0.25, -0.2) is 9.89 Å². The number of unbranched alkanes of at least 4 members (excludes halogenated alkanes) is 2. The van der Waals surface area contributed by atoms with Crippen molar-refractivity contribution in [3.05, 3.63) is 88.6 Å². The zero-order chi connectivity index (χ0) is 23.0. The highest BCUT2D eigenvalue weighted by molar-refractivity contribution is 5.80. The third-order valence-corrected chi connectivity index (χ3v) is 5.83. The molecular weight excluding hydrogens is 412 g/mol. The molecule has 0 atom stereocenters. The largest absolute Gasteiger partial charge is 0.328 e. The van der Waals surface area contributed by atoms with Crippen molar-refractivity contribution in [2.75, 3.05) is 0 Å². The van der Waals surface area contributed by atoms with Gasteiger partial charge in [-0.1, -0.05) is 80.4 Å². The Labute approximate surface area is 193 Å². The fourth-order valence-electron chi connectivity index (χ4n) is 4.03. The molecule has 0 aliphatic heterocycles. The summed E-state index contributed by atoms with van der Waals surface area (Å²) in [4.78, 5) is 13.1. The number of imidazole rings is 1. The highest BCUT2D eigenvalue weighted by Crippen LogP contribution is 2.29. The SMILES string of the molecule is CC=CCc1cn(CCCCC)c(=O)n1Cc1ccc(-c2ccccc2-c2nnn[nH]2)cc1. The van der Waals surface area contributed by atoms with Crippen LogP contribution in [0.3, 0.4) is 0 Å². The van der Waals surface area contributed by atoms with Crippen LogP contribution in [0.2, 0.25) is 0 Å². The lowest BCUT2D eigenvalue weighted by molar-refractivity contribution is 0.573. The molecule has 0 spiro atoms. The van der Waals surface area contributed by atoms with Crippen molar-refractivity contribution in [1.82, 2.24) is 29.8 Å². The average molecular weight is 443 g/mol. The fourth-order valence-corrected chi connectivity index (χ4v) is 4.03. The topological polar surface area (TPSA) is 81.4 Å². The summed E-state index contributed by atoms with van der Waals surface area (Å²) < 4.78 is 3.76. The second kappa shape index (κ2) is 10.7. The minimum Gasteiger partial charge on any atom is -0.299 e. The molecule has 0 radical (unpaired) electrons. The van der Waals surface area contributed by atoms with Crippen LogP contribution in [-0.4, -0.2) is 29.8 Å². The molecule has 2 aromatic heterocycles. The Morgan fingerprint density at radius 2 is 1.82 bits per heavy atom. The molecule has 7 nitrogen and oxygen atoms in total. The van der Waals surface area contributed by atoms with E-state index in [1.165, 1.54) is 0 Å². The van der Waals surface area contributed by atoms with Crippen LogP contribution in [0.1, 0.15) is 44.4 Å². The van der Waals surface area contributed by atoms with Crippen LogP contribution in [0, 0.1) is 0 Å². The van der Waals surface area contributed by atoms with E-state index in [9.17, 15) is 4.79 Å². The fraction of sp³-hybridized carbons (Fsp3) is 0.308. The minimum absolute atomic E-state index is 0.0675. The first-order valence-electron chi connectivity index (χ1n) is 11.5. The summed E-state index contributed by atoms with van der Waals surface area (Å²) in [7, 11) is 0. The molecule has 0 aliphatic rings. The van der Waals surface area contributed by atoms with Gasteiger partial charge in [0.05, 0.1) is 6.54 Å². The van der Waals surface area contributed by atoms with E-state index in [1.54, 1.807) is 0 Å². The van der Waals surface area contributed by atoms with Gasteiger partial charge in [-0.05, 0) is 40.5 Å².